The molecule has 0 saturated carbocycles. The number of nitrogens with one attached hydrogen (secondary N) is 2. The average molecular weight is 365 g/mol. The molecule has 0 unspecified atom stereocenters. The molecule has 102 valence electrons. The van der Waals surface area contributed by atoms with Crippen LogP contribution in [0, 0.1) is 0 Å². The molecule has 0 aliphatic rings. The van der Waals surface area contributed by atoms with Gasteiger partial charge in [0.25, 0.3) is 0 Å². The third-order valence-electron chi connectivity index (χ3n) is 2.31. The van der Waals surface area contributed by atoms with E-state index in [9.17, 15) is 13.2 Å². The zero-order valence-electron chi connectivity index (χ0n) is 9.38. The van der Waals surface area contributed by atoms with Crippen molar-refractivity contribution in [3.8, 4) is 0 Å². The van der Waals surface area contributed by atoms with Crippen LogP contribution < -0.4 is 4.72 Å². The highest BCUT2D eigenvalue weighted by Gasteiger charge is 2.18. The number of H-pyrrole nitrogens is 1. The van der Waals surface area contributed by atoms with E-state index in [2.05, 4.69) is 25.6 Å². The lowest BCUT2D eigenvalue weighted by molar-refractivity contribution is 0.0691. The van der Waals surface area contributed by atoms with Crippen LogP contribution in [-0.2, 0) is 16.6 Å². The van der Waals surface area contributed by atoms with Gasteiger partial charge in [-0.2, -0.15) is 0 Å². The molecule has 6 nitrogen and oxygen atoms in total. The first kappa shape index (κ1) is 14.3. The van der Waals surface area contributed by atoms with E-state index in [1.54, 1.807) is 0 Å². The maximum atomic E-state index is 11.9. The molecule has 9 heteroatoms. The van der Waals surface area contributed by atoms with Crippen LogP contribution in [0.2, 0.25) is 0 Å². The number of aromatic nitrogens is 1. The normalized spacial score (nSPS) is 11.6. The van der Waals surface area contributed by atoms with E-state index in [4.69, 9.17) is 5.11 Å². The van der Waals surface area contributed by atoms with E-state index in [-0.39, 0.29) is 17.1 Å². The average Bonchev–Trinajstić information content (AvgIpc) is 2.95. The molecule has 0 spiro atoms. The lowest BCUT2D eigenvalue weighted by Crippen LogP contribution is -2.22. The molecule has 0 bridgehead atoms. The number of rotatable bonds is 5. The van der Waals surface area contributed by atoms with Crippen molar-refractivity contribution in [3.63, 3.8) is 0 Å². The summed E-state index contributed by atoms with van der Waals surface area (Å²) in [4.78, 5) is 13.8. The number of hydrogen-bond acceptors (Lipinski definition) is 4. The molecule has 2 heterocycles. The minimum atomic E-state index is -3.72. The van der Waals surface area contributed by atoms with Crippen molar-refractivity contribution in [2.75, 3.05) is 0 Å². The molecular formula is C10H9BrN2O4S2. The minimum Gasteiger partial charge on any atom is -0.477 e. The molecule has 2 aromatic heterocycles. The molecule has 0 atom stereocenters. The smallest absolute Gasteiger partial charge is 0.352 e. The maximum Gasteiger partial charge on any atom is 0.352 e. The Kier molecular flexibility index (Phi) is 4.09. The van der Waals surface area contributed by atoms with Gasteiger partial charge in [-0.25, -0.2) is 17.9 Å². The summed E-state index contributed by atoms with van der Waals surface area (Å²) >= 11 is 4.72. The first-order chi connectivity index (χ1) is 8.90. The summed E-state index contributed by atoms with van der Waals surface area (Å²) in [7, 11) is -3.72. The summed E-state index contributed by atoms with van der Waals surface area (Å²) in [5.74, 6) is -1.21. The summed E-state index contributed by atoms with van der Waals surface area (Å²) in [5, 5.41) is 10.6. The highest BCUT2D eigenvalue weighted by molar-refractivity contribution is 9.10. The largest absolute Gasteiger partial charge is 0.477 e. The highest BCUT2D eigenvalue weighted by atomic mass is 79.9. The molecule has 0 amide bonds. The molecule has 2 rings (SSSR count). The fourth-order valence-electron chi connectivity index (χ4n) is 1.35. The van der Waals surface area contributed by atoms with Crippen molar-refractivity contribution in [1.82, 2.24) is 9.71 Å². The van der Waals surface area contributed by atoms with Crippen molar-refractivity contribution in [2.45, 2.75) is 11.4 Å². The first-order valence-electron chi connectivity index (χ1n) is 5.03. The van der Waals surface area contributed by atoms with Gasteiger partial charge < -0.3 is 10.1 Å². The molecule has 19 heavy (non-hydrogen) atoms. The van der Waals surface area contributed by atoms with E-state index >= 15 is 0 Å². The quantitative estimate of drug-likeness (QED) is 0.755. The third-order valence-corrected chi connectivity index (χ3v) is 5.62. The van der Waals surface area contributed by atoms with E-state index in [1.165, 1.54) is 11.3 Å². The number of hydrogen-bond donors (Lipinski definition) is 3. The van der Waals surface area contributed by atoms with Gasteiger partial charge in [-0.1, -0.05) is 0 Å². The summed E-state index contributed by atoms with van der Waals surface area (Å²) < 4.78 is 27.1. The number of sulfonamides is 1. The van der Waals surface area contributed by atoms with Gasteiger partial charge in [0.05, 0.1) is 0 Å². The predicted molar refractivity (Wildman–Crippen MR) is 73.8 cm³/mol. The third kappa shape index (κ3) is 3.24. The topological polar surface area (TPSA) is 99.3 Å². The van der Waals surface area contributed by atoms with E-state index in [0.717, 1.165) is 21.6 Å². The van der Waals surface area contributed by atoms with Crippen molar-refractivity contribution in [3.05, 3.63) is 38.8 Å². The number of thiophene rings is 1. The Bertz CT molecular complexity index is 705. The number of halogens is 1. The van der Waals surface area contributed by atoms with Crippen LogP contribution >= 0.6 is 27.3 Å². The Morgan fingerprint density at radius 2 is 2.26 bits per heavy atom. The zero-order valence-corrected chi connectivity index (χ0v) is 12.6. The molecule has 0 saturated heterocycles. The summed E-state index contributed by atoms with van der Waals surface area (Å²) in [6, 6.07) is 2.90. The lowest BCUT2D eigenvalue weighted by Gasteiger charge is -2.03. The molecule has 2 aromatic rings. The van der Waals surface area contributed by atoms with Crippen LogP contribution in [0.5, 0.6) is 0 Å². The molecule has 0 aliphatic carbocycles. The number of carbonyl (C=O) groups is 1. The Balaban J connectivity index is 2.14. The van der Waals surface area contributed by atoms with E-state index in [1.807, 2.05) is 11.4 Å². The SMILES string of the molecule is O=C(O)c1cc(S(=O)(=O)NCc2sccc2Br)c[nH]1. The molecule has 0 radical (unpaired) electrons. The van der Waals surface area contributed by atoms with Crippen LogP contribution in [0.25, 0.3) is 0 Å². The van der Waals surface area contributed by atoms with Crippen LogP contribution in [-0.4, -0.2) is 24.5 Å². The van der Waals surface area contributed by atoms with Crippen molar-refractivity contribution in [1.29, 1.82) is 0 Å². The molecule has 0 aromatic carbocycles. The molecule has 3 N–H and O–H groups in total. The van der Waals surface area contributed by atoms with Gasteiger partial charge in [-0.3, -0.25) is 0 Å². The number of aromatic amines is 1. The first-order valence-corrected chi connectivity index (χ1v) is 8.19. The minimum absolute atomic E-state index is 0.0995. The van der Waals surface area contributed by atoms with E-state index < -0.39 is 16.0 Å². The van der Waals surface area contributed by atoms with Gasteiger partial charge in [-0.05, 0) is 33.4 Å². The van der Waals surface area contributed by atoms with Crippen LogP contribution in [0.3, 0.4) is 0 Å². The molecule has 0 aliphatic heterocycles. The molecular weight excluding hydrogens is 356 g/mol. The second kappa shape index (κ2) is 5.45. The number of carboxylic acids is 1. The summed E-state index contributed by atoms with van der Waals surface area (Å²) in [6.07, 6.45) is 1.15. The Morgan fingerprint density at radius 3 is 2.79 bits per heavy atom. The number of carboxylic acid groups (broad SMARTS) is 1. The van der Waals surface area contributed by atoms with Crippen LogP contribution in [0.4, 0.5) is 0 Å². The fraction of sp³-hybridized carbons (Fsp3) is 0.100. The second-order valence-electron chi connectivity index (χ2n) is 3.57. The van der Waals surface area contributed by atoms with E-state index in [0.29, 0.717) is 0 Å². The summed E-state index contributed by atoms with van der Waals surface area (Å²) in [5.41, 5.74) is -0.169. The van der Waals surface area contributed by atoms with Crippen LogP contribution in [0.1, 0.15) is 15.4 Å². The zero-order chi connectivity index (χ0) is 14.0. The van der Waals surface area contributed by atoms with Gasteiger partial charge >= 0.3 is 5.97 Å². The van der Waals surface area contributed by atoms with Crippen molar-refractivity contribution in [2.24, 2.45) is 0 Å². The lowest BCUT2D eigenvalue weighted by atomic mass is 10.4. The predicted octanol–water partition coefficient (Wildman–Crippen LogP) is 2.02. The highest BCUT2D eigenvalue weighted by Crippen LogP contribution is 2.23. The second-order valence-corrected chi connectivity index (χ2v) is 7.19. The Hall–Kier alpha value is -1.16. The van der Waals surface area contributed by atoms with Crippen LogP contribution in [0.15, 0.2) is 33.1 Å². The van der Waals surface area contributed by atoms with Gasteiger partial charge in [0.2, 0.25) is 10.0 Å². The van der Waals surface area contributed by atoms with Crippen molar-refractivity contribution >= 4 is 43.3 Å². The maximum absolute atomic E-state index is 11.9. The summed E-state index contributed by atoms with van der Waals surface area (Å²) in [6.45, 7) is 0.147. The fourth-order valence-corrected chi connectivity index (χ4v) is 3.86. The standard InChI is InChI=1S/C10H9BrN2O4S2/c11-7-1-2-18-9(7)5-13-19(16,17)6-3-8(10(14)15)12-4-6/h1-4,12-13H,5H2,(H,14,15). The van der Waals surface area contributed by atoms with Gasteiger partial charge in [-0.15, -0.1) is 11.3 Å². The monoisotopic (exact) mass is 364 g/mol. The van der Waals surface area contributed by atoms with Gasteiger partial charge in [0.1, 0.15) is 10.6 Å². The Morgan fingerprint density at radius 1 is 1.53 bits per heavy atom. The number of aromatic carboxylic acids is 1. The molecule has 0 fully saturated rings. The Labute approximate surface area is 121 Å². The van der Waals surface area contributed by atoms with Gasteiger partial charge in [0.15, 0.2) is 0 Å². The van der Waals surface area contributed by atoms with Gasteiger partial charge in [0, 0.05) is 22.1 Å². The van der Waals surface area contributed by atoms with Crippen molar-refractivity contribution < 1.29 is 18.3 Å².